The first kappa shape index (κ1) is 18.4. The summed E-state index contributed by atoms with van der Waals surface area (Å²) in [5, 5.41) is 13.8. The fourth-order valence-corrected chi connectivity index (χ4v) is 3.90. The number of hydrogen-bond donors (Lipinski definition) is 3. The number of nitrogens with zero attached hydrogens (tertiary/aromatic N) is 1. The van der Waals surface area contributed by atoms with E-state index in [0.29, 0.717) is 11.9 Å². The number of aromatic nitrogens is 2. The molecule has 1 heterocycles. The molecule has 28 heavy (non-hydrogen) atoms. The van der Waals surface area contributed by atoms with Gasteiger partial charge in [-0.2, -0.15) is 5.10 Å². The monoisotopic (exact) mass is 374 g/mol. The molecule has 1 amide bonds. The molecule has 5 nitrogen and oxygen atoms in total. The zero-order valence-corrected chi connectivity index (χ0v) is 16.1. The van der Waals surface area contributed by atoms with E-state index in [1.54, 1.807) is 0 Å². The van der Waals surface area contributed by atoms with Crippen LogP contribution in [0.3, 0.4) is 0 Å². The van der Waals surface area contributed by atoms with Crippen molar-refractivity contribution in [2.24, 2.45) is 0 Å². The Morgan fingerprint density at radius 1 is 1.11 bits per heavy atom. The van der Waals surface area contributed by atoms with Crippen molar-refractivity contribution in [2.75, 3.05) is 5.32 Å². The van der Waals surface area contributed by atoms with Gasteiger partial charge in [0, 0.05) is 17.7 Å². The highest BCUT2D eigenvalue weighted by Crippen LogP contribution is 2.23. The van der Waals surface area contributed by atoms with Crippen LogP contribution in [-0.2, 0) is 17.6 Å². The van der Waals surface area contributed by atoms with E-state index >= 15 is 0 Å². The molecule has 5 heteroatoms. The maximum absolute atomic E-state index is 12.9. The van der Waals surface area contributed by atoms with Crippen molar-refractivity contribution in [3.8, 4) is 11.3 Å². The summed E-state index contributed by atoms with van der Waals surface area (Å²) in [6.07, 6.45) is 3.71. The molecule has 0 unspecified atom stereocenters. The second-order valence-corrected chi connectivity index (χ2v) is 7.40. The molecule has 3 N–H and O–H groups in total. The Hall–Kier alpha value is -2.92. The average Bonchev–Trinajstić information content (AvgIpc) is 3.34. The van der Waals surface area contributed by atoms with Gasteiger partial charge in [-0.05, 0) is 30.4 Å². The quantitative estimate of drug-likeness (QED) is 0.587. The highest BCUT2D eigenvalue weighted by molar-refractivity contribution is 5.94. The Morgan fingerprint density at radius 3 is 2.46 bits per heavy atom. The maximum Gasteiger partial charge on any atom is 0.242 e. The molecule has 0 aliphatic heterocycles. The van der Waals surface area contributed by atoms with Crippen LogP contribution in [0.15, 0.2) is 60.7 Å². The second kappa shape index (κ2) is 8.40. The summed E-state index contributed by atoms with van der Waals surface area (Å²) in [7, 11) is 0. The molecule has 1 aliphatic rings. The lowest BCUT2D eigenvalue weighted by molar-refractivity contribution is -0.118. The van der Waals surface area contributed by atoms with Crippen LogP contribution in [0.2, 0.25) is 0 Å². The maximum atomic E-state index is 12.9. The zero-order chi connectivity index (χ0) is 19.3. The smallest absolute Gasteiger partial charge is 0.242 e. The van der Waals surface area contributed by atoms with Gasteiger partial charge in [0.2, 0.25) is 5.91 Å². The lowest BCUT2D eigenvalue weighted by Gasteiger charge is -2.21. The van der Waals surface area contributed by atoms with Crippen molar-refractivity contribution >= 4 is 11.7 Å². The Morgan fingerprint density at radius 2 is 1.79 bits per heavy atom. The number of anilines is 1. The van der Waals surface area contributed by atoms with Crippen LogP contribution in [0, 0.1) is 0 Å². The largest absolute Gasteiger partial charge is 0.310 e. The van der Waals surface area contributed by atoms with Gasteiger partial charge in [-0.3, -0.25) is 9.89 Å². The van der Waals surface area contributed by atoms with Gasteiger partial charge in [0.1, 0.15) is 5.82 Å². The van der Waals surface area contributed by atoms with Gasteiger partial charge in [0.15, 0.2) is 0 Å². The first-order valence-electron chi connectivity index (χ1n) is 9.97. The number of carbonyl (C=O) groups is 1. The van der Waals surface area contributed by atoms with Crippen molar-refractivity contribution in [3.05, 3.63) is 71.8 Å². The standard InChI is InChI=1S/C23H26N4O/c1-2-8-20(24-19-13-17-11-6-7-12-18(17)14-19)23(28)25-22-15-21(26-27-22)16-9-4-3-5-10-16/h3-7,9-12,15,19-20,24H,2,8,13-14H2,1H3,(H2,25,26,27,28)/t20-/m0/s1. The summed E-state index contributed by atoms with van der Waals surface area (Å²) in [5.41, 5.74) is 4.61. The van der Waals surface area contributed by atoms with Crippen LogP contribution in [0.25, 0.3) is 11.3 Å². The van der Waals surface area contributed by atoms with Gasteiger partial charge >= 0.3 is 0 Å². The Kier molecular flexibility index (Phi) is 5.53. The third-order valence-corrected chi connectivity index (χ3v) is 5.29. The molecule has 4 rings (SSSR count). The van der Waals surface area contributed by atoms with Crippen LogP contribution in [-0.4, -0.2) is 28.2 Å². The predicted molar refractivity (Wildman–Crippen MR) is 112 cm³/mol. The zero-order valence-electron chi connectivity index (χ0n) is 16.1. The lowest BCUT2D eigenvalue weighted by atomic mass is 10.1. The molecule has 0 saturated carbocycles. The second-order valence-electron chi connectivity index (χ2n) is 7.40. The van der Waals surface area contributed by atoms with E-state index in [-0.39, 0.29) is 11.9 Å². The highest BCUT2D eigenvalue weighted by Gasteiger charge is 2.26. The van der Waals surface area contributed by atoms with E-state index in [9.17, 15) is 4.79 Å². The Labute approximate surface area is 165 Å². The molecule has 0 saturated heterocycles. The van der Waals surface area contributed by atoms with Gasteiger partial charge in [0.05, 0.1) is 11.7 Å². The molecule has 1 aromatic heterocycles. The highest BCUT2D eigenvalue weighted by atomic mass is 16.2. The Balaban J connectivity index is 1.40. The van der Waals surface area contributed by atoms with Crippen LogP contribution in [0.4, 0.5) is 5.82 Å². The SMILES string of the molecule is CCC[C@H](NC1Cc2ccccc2C1)C(=O)Nc1cc(-c2ccccc2)n[nH]1. The van der Waals surface area contributed by atoms with Crippen molar-refractivity contribution in [3.63, 3.8) is 0 Å². The Bertz CT molecular complexity index is 910. The summed E-state index contributed by atoms with van der Waals surface area (Å²) in [4.78, 5) is 12.9. The van der Waals surface area contributed by atoms with Crippen LogP contribution in [0.1, 0.15) is 30.9 Å². The number of benzene rings is 2. The predicted octanol–water partition coefficient (Wildman–Crippen LogP) is 3.94. The number of fused-ring (bicyclic) bond motifs is 1. The molecule has 144 valence electrons. The summed E-state index contributed by atoms with van der Waals surface area (Å²) in [6, 6.07) is 20.4. The molecule has 0 spiro atoms. The number of aromatic amines is 1. The number of carbonyl (C=O) groups excluding carboxylic acids is 1. The normalized spacial score (nSPS) is 14.6. The fourth-order valence-electron chi connectivity index (χ4n) is 3.90. The molecular formula is C23H26N4O. The molecule has 0 bridgehead atoms. The summed E-state index contributed by atoms with van der Waals surface area (Å²) < 4.78 is 0. The van der Waals surface area contributed by atoms with E-state index in [1.165, 1.54) is 11.1 Å². The first-order chi connectivity index (χ1) is 13.7. The molecule has 1 atom stereocenters. The van der Waals surface area contributed by atoms with Gasteiger partial charge < -0.3 is 10.6 Å². The number of rotatable bonds is 7. The average molecular weight is 374 g/mol. The van der Waals surface area contributed by atoms with E-state index in [4.69, 9.17) is 0 Å². The molecule has 1 aliphatic carbocycles. The van der Waals surface area contributed by atoms with Crippen molar-refractivity contribution in [1.29, 1.82) is 0 Å². The van der Waals surface area contributed by atoms with E-state index < -0.39 is 0 Å². The van der Waals surface area contributed by atoms with Gasteiger partial charge in [-0.25, -0.2) is 0 Å². The van der Waals surface area contributed by atoms with E-state index in [1.807, 2.05) is 36.4 Å². The van der Waals surface area contributed by atoms with Gasteiger partial charge in [-0.1, -0.05) is 67.9 Å². The summed E-state index contributed by atoms with van der Waals surface area (Å²) in [5.74, 6) is 0.613. The number of nitrogens with one attached hydrogen (secondary N) is 3. The molecular weight excluding hydrogens is 348 g/mol. The summed E-state index contributed by atoms with van der Waals surface area (Å²) in [6.45, 7) is 2.11. The first-order valence-corrected chi connectivity index (χ1v) is 9.97. The molecule has 0 radical (unpaired) electrons. The van der Waals surface area contributed by atoms with Crippen molar-refractivity contribution in [2.45, 2.75) is 44.7 Å². The topological polar surface area (TPSA) is 69.8 Å². The number of hydrogen-bond acceptors (Lipinski definition) is 3. The van der Waals surface area contributed by atoms with E-state index in [2.05, 4.69) is 52.0 Å². The molecule has 3 aromatic rings. The summed E-state index contributed by atoms with van der Waals surface area (Å²) >= 11 is 0. The van der Waals surface area contributed by atoms with Crippen LogP contribution >= 0.6 is 0 Å². The number of amides is 1. The fraction of sp³-hybridized carbons (Fsp3) is 0.304. The van der Waals surface area contributed by atoms with Crippen LogP contribution < -0.4 is 10.6 Å². The van der Waals surface area contributed by atoms with E-state index in [0.717, 1.165) is 36.9 Å². The minimum absolute atomic E-state index is 0.0129. The van der Waals surface area contributed by atoms with Gasteiger partial charge in [-0.15, -0.1) is 0 Å². The lowest BCUT2D eigenvalue weighted by Crippen LogP contribution is -2.46. The third kappa shape index (κ3) is 4.15. The number of H-pyrrole nitrogens is 1. The molecule has 2 aromatic carbocycles. The minimum atomic E-state index is -0.215. The van der Waals surface area contributed by atoms with Crippen molar-refractivity contribution in [1.82, 2.24) is 15.5 Å². The van der Waals surface area contributed by atoms with Gasteiger partial charge in [0.25, 0.3) is 0 Å². The molecule has 0 fully saturated rings. The van der Waals surface area contributed by atoms with Crippen LogP contribution in [0.5, 0.6) is 0 Å². The van der Waals surface area contributed by atoms with Crippen molar-refractivity contribution < 1.29 is 4.79 Å². The minimum Gasteiger partial charge on any atom is -0.310 e. The third-order valence-electron chi connectivity index (χ3n) is 5.29.